The van der Waals surface area contributed by atoms with E-state index in [1.807, 2.05) is 18.7 Å². The van der Waals surface area contributed by atoms with Gasteiger partial charge in [0, 0.05) is 25.5 Å². The number of morpholine rings is 1. The highest BCUT2D eigenvalue weighted by Gasteiger charge is 2.26. The minimum atomic E-state index is 0.0487. The van der Waals surface area contributed by atoms with Crippen LogP contribution in [0.5, 0.6) is 0 Å². The molecule has 2 atom stereocenters. The highest BCUT2D eigenvalue weighted by atomic mass is 35.5. The quantitative estimate of drug-likeness (QED) is 0.843. The number of fused-ring (bicyclic) bond motifs is 1. The first-order chi connectivity index (χ1) is 10.4. The summed E-state index contributed by atoms with van der Waals surface area (Å²) in [6, 6.07) is 1.64. The number of ether oxygens (including phenoxy) is 1. The second-order valence-corrected chi connectivity index (χ2v) is 6.55. The summed E-state index contributed by atoms with van der Waals surface area (Å²) in [6.45, 7) is 5.18. The molecule has 2 aromatic heterocycles. The van der Waals surface area contributed by atoms with Gasteiger partial charge >= 0.3 is 0 Å². The van der Waals surface area contributed by atoms with Gasteiger partial charge in [-0.25, -0.2) is 4.98 Å². The summed E-state index contributed by atoms with van der Waals surface area (Å²) >= 11 is 12.1. The van der Waals surface area contributed by atoms with E-state index in [4.69, 9.17) is 27.9 Å². The van der Waals surface area contributed by atoms with Crippen LogP contribution in [0.3, 0.4) is 0 Å². The third kappa shape index (κ3) is 3.21. The van der Waals surface area contributed by atoms with Crippen LogP contribution >= 0.6 is 23.2 Å². The van der Waals surface area contributed by atoms with Gasteiger partial charge in [-0.1, -0.05) is 23.2 Å². The molecule has 0 saturated carbocycles. The van der Waals surface area contributed by atoms with Crippen LogP contribution < -0.4 is 0 Å². The Labute approximate surface area is 138 Å². The smallest absolute Gasteiger partial charge is 0.228 e. The number of pyridine rings is 1. The molecule has 3 rings (SSSR count). The van der Waals surface area contributed by atoms with Gasteiger partial charge in [-0.3, -0.25) is 4.79 Å². The first kappa shape index (κ1) is 15.6. The molecule has 0 aliphatic carbocycles. The summed E-state index contributed by atoms with van der Waals surface area (Å²) < 4.78 is 7.40. The Kier molecular flexibility index (Phi) is 4.30. The lowest BCUT2D eigenvalue weighted by Gasteiger charge is -2.35. The van der Waals surface area contributed by atoms with Crippen LogP contribution in [0.4, 0.5) is 0 Å². The molecule has 0 radical (unpaired) electrons. The van der Waals surface area contributed by atoms with E-state index in [0.717, 1.165) is 0 Å². The molecule has 0 spiro atoms. The molecule has 1 saturated heterocycles. The fourth-order valence-electron chi connectivity index (χ4n) is 2.81. The zero-order valence-corrected chi connectivity index (χ0v) is 13.9. The van der Waals surface area contributed by atoms with Crippen LogP contribution in [0.25, 0.3) is 5.65 Å². The van der Waals surface area contributed by atoms with E-state index in [1.54, 1.807) is 22.9 Å². The average Bonchev–Trinajstić information content (AvgIpc) is 2.80. The number of hydrogen-bond donors (Lipinski definition) is 0. The van der Waals surface area contributed by atoms with Crippen LogP contribution in [0.15, 0.2) is 18.5 Å². The van der Waals surface area contributed by atoms with E-state index in [-0.39, 0.29) is 24.5 Å². The van der Waals surface area contributed by atoms with Gasteiger partial charge in [0.1, 0.15) is 0 Å². The standard InChI is InChI=1S/C15H17Cl2N3O2/c1-9-5-19(6-10(2)22-9)14(21)4-12-8-20-7-11(16)3-13(17)15(20)18-12/h3,7-10H,4-6H2,1-2H3. The Bertz CT molecular complexity index is 706. The lowest BCUT2D eigenvalue weighted by atomic mass is 10.2. The first-order valence-electron chi connectivity index (χ1n) is 7.18. The van der Waals surface area contributed by atoms with Crippen molar-refractivity contribution in [2.75, 3.05) is 13.1 Å². The Balaban J connectivity index is 1.78. The largest absolute Gasteiger partial charge is 0.372 e. The fraction of sp³-hybridized carbons (Fsp3) is 0.467. The zero-order valence-electron chi connectivity index (χ0n) is 12.4. The van der Waals surface area contributed by atoms with E-state index >= 15 is 0 Å². The van der Waals surface area contributed by atoms with Crippen molar-refractivity contribution in [2.45, 2.75) is 32.5 Å². The molecule has 1 fully saturated rings. The van der Waals surface area contributed by atoms with E-state index in [9.17, 15) is 4.79 Å². The molecule has 2 aromatic rings. The molecule has 0 N–H and O–H groups in total. The monoisotopic (exact) mass is 341 g/mol. The number of carbonyl (C=O) groups excluding carboxylic acids is 1. The van der Waals surface area contributed by atoms with Crippen molar-refractivity contribution in [2.24, 2.45) is 0 Å². The highest BCUT2D eigenvalue weighted by molar-refractivity contribution is 6.36. The molecule has 22 heavy (non-hydrogen) atoms. The van der Waals surface area contributed by atoms with Crippen molar-refractivity contribution in [1.82, 2.24) is 14.3 Å². The molecule has 1 aliphatic rings. The van der Waals surface area contributed by atoms with Gasteiger partial charge in [-0.2, -0.15) is 0 Å². The van der Waals surface area contributed by atoms with E-state index in [2.05, 4.69) is 4.98 Å². The third-order valence-corrected chi connectivity index (χ3v) is 4.11. The number of carbonyl (C=O) groups is 1. The molecule has 1 amide bonds. The lowest BCUT2D eigenvalue weighted by molar-refractivity contribution is -0.142. The minimum Gasteiger partial charge on any atom is -0.372 e. The van der Waals surface area contributed by atoms with Crippen molar-refractivity contribution in [3.8, 4) is 0 Å². The third-order valence-electron chi connectivity index (χ3n) is 3.63. The van der Waals surface area contributed by atoms with E-state index in [0.29, 0.717) is 34.5 Å². The summed E-state index contributed by atoms with van der Waals surface area (Å²) in [4.78, 5) is 18.7. The predicted octanol–water partition coefficient (Wildman–Crippen LogP) is 2.82. The van der Waals surface area contributed by atoms with Crippen LogP contribution in [-0.2, 0) is 16.0 Å². The Morgan fingerprint density at radius 1 is 1.32 bits per heavy atom. The zero-order chi connectivity index (χ0) is 15.9. The van der Waals surface area contributed by atoms with E-state index < -0.39 is 0 Å². The normalized spacial score (nSPS) is 22.3. The number of nitrogens with zero attached hydrogens (tertiary/aromatic N) is 3. The second-order valence-electron chi connectivity index (χ2n) is 5.70. The van der Waals surface area contributed by atoms with Crippen molar-refractivity contribution in [3.05, 3.63) is 34.2 Å². The highest BCUT2D eigenvalue weighted by Crippen LogP contribution is 2.22. The molecule has 3 heterocycles. The van der Waals surface area contributed by atoms with Crippen LogP contribution in [0.1, 0.15) is 19.5 Å². The molecule has 0 bridgehead atoms. The maximum Gasteiger partial charge on any atom is 0.228 e. The Morgan fingerprint density at radius 3 is 2.68 bits per heavy atom. The topological polar surface area (TPSA) is 46.8 Å². The summed E-state index contributed by atoms with van der Waals surface area (Å²) in [5.41, 5.74) is 1.29. The Hall–Kier alpha value is -1.30. The Morgan fingerprint density at radius 2 is 2.00 bits per heavy atom. The molecule has 118 valence electrons. The van der Waals surface area contributed by atoms with Gasteiger partial charge in [0.15, 0.2) is 5.65 Å². The van der Waals surface area contributed by atoms with Crippen LogP contribution in [0.2, 0.25) is 10.0 Å². The molecular weight excluding hydrogens is 325 g/mol. The predicted molar refractivity (Wildman–Crippen MR) is 85.5 cm³/mol. The van der Waals surface area contributed by atoms with Gasteiger partial charge in [-0.05, 0) is 19.9 Å². The van der Waals surface area contributed by atoms with Crippen molar-refractivity contribution >= 4 is 34.8 Å². The summed E-state index contributed by atoms with van der Waals surface area (Å²) in [5, 5.41) is 1.00. The molecule has 0 aromatic carbocycles. The van der Waals surface area contributed by atoms with Crippen LogP contribution in [0, 0.1) is 0 Å². The molecule has 2 unspecified atom stereocenters. The van der Waals surface area contributed by atoms with Crippen molar-refractivity contribution in [3.63, 3.8) is 0 Å². The van der Waals surface area contributed by atoms with Gasteiger partial charge in [0.05, 0.1) is 34.4 Å². The van der Waals surface area contributed by atoms with Gasteiger partial charge in [0.25, 0.3) is 0 Å². The number of amides is 1. The molecular formula is C15H17Cl2N3O2. The van der Waals surface area contributed by atoms with Gasteiger partial charge < -0.3 is 14.0 Å². The summed E-state index contributed by atoms with van der Waals surface area (Å²) in [7, 11) is 0. The average molecular weight is 342 g/mol. The van der Waals surface area contributed by atoms with Gasteiger partial charge in [-0.15, -0.1) is 0 Å². The number of rotatable bonds is 2. The van der Waals surface area contributed by atoms with Gasteiger partial charge in [0.2, 0.25) is 5.91 Å². The second kappa shape index (κ2) is 6.07. The number of imidazole rings is 1. The summed E-state index contributed by atoms with van der Waals surface area (Å²) in [6.07, 6.45) is 3.87. The maximum absolute atomic E-state index is 12.4. The fourth-order valence-corrected chi connectivity index (χ4v) is 3.34. The molecule has 7 heteroatoms. The number of aromatic nitrogens is 2. The lowest BCUT2D eigenvalue weighted by Crippen LogP contribution is -2.48. The van der Waals surface area contributed by atoms with Crippen LogP contribution in [-0.4, -0.2) is 45.5 Å². The van der Waals surface area contributed by atoms with E-state index in [1.165, 1.54) is 0 Å². The SMILES string of the molecule is CC1CN(C(=O)Cc2cn3cc(Cl)cc(Cl)c3n2)CC(C)O1. The van der Waals surface area contributed by atoms with Crippen molar-refractivity contribution in [1.29, 1.82) is 0 Å². The minimum absolute atomic E-state index is 0.0487. The summed E-state index contributed by atoms with van der Waals surface area (Å²) in [5.74, 6) is 0.0487. The number of halogens is 2. The van der Waals surface area contributed by atoms with Crippen molar-refractivity contribution < 1.29 is 9.53 Å². The number of hydrogen-bond acceptors (Lipinski definition) is 3. The maximum atomic E-state index is 12.4. The molecule has 5 nitrogen and oxygen atoms in total. The first-order valence-corrected chi connectivity index (χ1v) is 7.94. The molecule has 1 aliphatic heterocycles.